The minimum Gasteiger partial charge on any atom is -0.479 e. The summed E-state index contributed by atoms with van der Waals surface area (Å²) in [5.41, 5.74) is 0.927. The first-order valence-electron chi connectivity index (χ1n) is 6.64. The molecule has 2 atom stereocenters. The van der Waals surface area contributed by atoms with Crippen LogP contribution in [0.25, 0.3) is 6.08 Å². The first-order valence-corrected chi connectivity index (χ1v) is 7.43. The predicted molar refractivity (Wildman–Crippen MR) is 81.7 cm³/mol. The van der Waals surface area contributed by atoms with Crippen LogP contribution in [-0.4, -0.2) is 35.7 Å². The minimum absolute atomic E-state index is 0.222. The van der Waals surface area contributed by atoms with Crippen molar-refractivity contribution in [3.05, 3.63) is 40.4 Å². The summed E-state index contributed by atoms with van der Waals surface area (Å²) in [4.78, 5) is 22.4. The van der Waals surface area contributed by atoms with E-state index in [1.165, 1.54) is 6.08 Å². The molecule has 0 radical (unpaired) electrons. The fourth-order valence-corrected chi connectivity index (χ4v) is 2.32. The third-order valence-electron chi connectivity index (χ3n) is 3.18. The van der Waals surface area contributed by atoms with Crippen LogP contribution in [0.2, 0.25) is 0 Å². The molecule has 0 saturated carbocycles. The average Bonchev–Trinajstić information content (AvgIpc) is 2.93. The van der Waals surface area contributed by atoms with E-state index in [4.69, 9.17) is 9.84 Å². The molecule has 1 aliphatic rings. The van der Waals surface area contributed by atoms with Gasteiger partial charge in [-0.25, -0.2) is 4.79 Å². The molecule has 21 heavy (non-hydrogen) atoms. The number of rotatable bonds is 5. The van der Waals surface area contributed by atoms with Gasteiger partial charge in [-0.05, 0) is 36.6 Å². The Bertz CT molecular complexity index is 541. The molecular weight excluding hydrogens is 338 g/mol. The Morgan fingerprint density at radius 1 is 1.33 bits per heavy atom. The van der Waals surface area contributed by atoms with Gasteiger partial charge >= 0.3 is 5.97 Å². The molecule has 0 bridgehead atoms. The Labute approximate surface area is 131 Å². The third kappa shape index (κ3) is 4.99. The zero-order chi connectivity index (χ0) is 15.2. The number of aliphatic carboxylic acids is 1. The van der Waals surface area contributed by atoms with E-state index in [0.717, 1.165) is 10.0 Å². The summed E-state index contributed by atoms with van der Waals surface area (Å²) >= 11 is 3.34. The minimum atomic E-state index is -0.945. The van der Waals surface area contributed by atoms with Crippen LogP contribution in [0.1, 0.15) is 18.4 Å². The maximum Gasteiger partial charge on any atom is 0.332 e. The molecule has 0 aromatic heterocycles. The molecule has 1 amide bonds. The predicted octanol–water partition coefficient (Wildman–Crippen LogP) is 2.21. The maximum atomic E-state index is 11.7. The number of hydrogen-bond donors (Lipinski definition) is 2. The molecule has 0 spiro atoms. The van der Waals surface area contributed by atoms with Gasteiger partial charge in [0.15, 0.2) is 6.10 Å². The molecule has 1 fully saturated rings. The van der Waals surface area contributed by atoms with Crippen molar-refractivity contribution in [1.82, 2.24) is 5.32 Å². The molecule has 1 heterocycles. The van der Waals surface area contributed by atoms with Gasteiger partial charge in [0.05, 0.1) is 6.10 Å². The lowest BCUT2D eigenvalue weighted by Gasteiger charge is -2.11. The highest BCUT2D eigenvalue weighted by Gasteiger charge is 2.30. The zero-order valence-corrected chi connectivity index (χ0v) is 12.9. The number of carboxylic acid groups (broad SMARTS) is 1. The lowest BCUT2D eigenvalue weighted by Crippen LogP contribution is -2.32. The van der Waals surface area contributed by atoms with Gasteiger partial charge < -0.3 is 15.2 Å². The van der Waals surface area contributed by atoms with Crippen LogP contribution in [0.15, 0.2) is 34.8 Å². The number of carboxylic acids is 1. The Morgan fingerprint density at radius 3 is 2.67 bits per heavy atom. The van der Waals surface area contributed by atoms with E-state index in [1.807, 2.05) is 24.3 Å². The Balaban J connectivity index is 1.75. The fraction of sp³-hybridized carbons (Fsp3) is 0.333. The van der Waals surface area contributed by atoms with Crippen molar-refractivity contribution in [2.75, 3.05) is 6.54 Å². The topological polar surface area (TPSA) is 75.6 Å². The quantitative estimate of drug-likeness (QED) is 0.795. The van der Waals surface area contributed by atoms with Crippen molar-refractivity contribution in [1.29, 1.82) is 0 Å². The summed E-state index contributed by atoms with van der Waals surface area (Å²) in [5.74, 6) is -1.17. The van der Waals surface area contributed by atoms with Crippen molar-refractivity contribution in [2.45, 2.75) is 25.0 Å². The number of amides is 1. The molecule has 1 aromatic carbocycles. The maximum absolute atomic E-state index is 11.7. The second-order valence-corrected chi connectivity index (χ2v) is 5.71. The van der Waals surface area contributed by atoms with Crippen molar-refractivity contribution >= 4 is 33.9 Å². The molecule has 112 valence electrons. The van der Waals surface area contributed by atoms with Gasteiger partial charge in [-0.15, -0.1) is 0 Å². The molecule has 2 unspecified atom stereocenters. The van der Waals surface area contributed by atoms with Crippen molar-refractivity contribution in [2.24, 2.45) is 0 Å². The van der Waals surface area contributed by atoms with Gasteiger partial charge in [0, 0.05) is 17.1 Å². The molecule has 1 aliphatic heterocycles. The zero-order valence-electron chi connectivity index (χ0n) is 11.3. The SMILES string of the molecule is O=C(/C=C/c1ccc(Br)cc1)NCC1CCC(C(=O)O)O1. The molecule has 6 heteroatoms. The van der Waals surface area contributed by atoms with Crippen LogP contribution < -0.4 is 5.32 Å². The van der Waals surface area contributed by atoms with Crippen molar-refractivity contribution in [3.63, 3.8) is 0 Å². The lowest BCUT2D eigenvalue weighted by atomic mass is 10.2. The molecule has 5 nitrogen and oxygen atoms in total. The van der Waals surface area contributed by atoms with Gasteiger partial charge in [0.25, 0.3) is 0 Å². The average molecular weight is 354 g/mol. The Morgan fingerprint density at radius 2 is 2.05 bits per heavy atom. The second kappa shape index (κ2) is 7.38. The standard InChI is InChI=1S/C15H16BrNO4/c16-11-4-1-10(2-5-11)3-8-14(18)17-9-12-6-7-13(21-12)15(19)20/h1-5,8,12-13H,6-7,9H2,(H,17,18)(H,19,20)/b8-3+. The van der Waals surface area contributed by atoms with E-state index in [9.17, 15) is 9.59 Å². The first kappa shape index (κ1) is 15.7. The molecule has 1 saturated heterocycles. The number of hydrogen-bond acceptors (Lipinski definition) is 3. The third-order valence-corrected chi connectivity index (χ3v) is 3.71. The molecular formula is C15H16BrNO4. The van der Waals surface area contributed by atoms with Crippen LogP contribution >= 0.6 is 15.9 Å². The summed E-state index contributed by atoms with van der Waals surface area (Å²) < 4.78 is 6.29. The second-order valence-electron chi connectivity index (χ2n) is 4.79. The monoisotopic (exact) mass is 353 g/mol. The van der Waals surface area contributed by atoms with E-state index in [-0.39, 0.29) is 12.0 Å². The van der Waals surface area contributed by atoms with Crippen LogP contribution in [0.4, 0.5) is 0 Å². The number of halogens is 1. The molecule has 2 rings (SSSR count). The molecule has 0 aliphatic carbocycles. The van der Waals surface area contributed by atoms with Crippen LogP contribution in [-0.2, 0) is 14.3 Å². The van der Waals surface area contributed by atoms with Gasteiger partial charge in [-0.2, -0.15) is 0 Å². The molecule has 2 N–H and O–H groups in total. The Kier molecular flexibility index (Phi) is 5.52. The van der Waals surface area contributed by atoms with Crippen LogP contribution in [0, 0.1) is 0 Å². The highest BCUT2D eigenvalue weighted by atomic mass is 79.9. The van der Waals surface area contributed by atoms with Gasteiger partial charge in [0.1, 0.15) is 0 Å². The van der Waals surface area contributed by atoms with E-state index >= 15 is 0 Å². The fourth-order valence-electron chi connectivity index (χ4n) is 2.06. The highest BCUT2D eigenvalue weighted by molar-refractivity contribution is 9.10. The van der Waals surface area contributed by atoms with Crippen molar-refractivity contribution in [3.8, 4) is 0 Å². The number of carbonyl (C=O) groups excluding carboxylic acids is 1. The number of carbonyl (C=O) groups is 2. The summed E-state index contributed by atoms with van der Waals surface area (Å²) in [6, 6.07) is 7.59. The van der Waals surface area contributed by atoms with Gasteiger partial charge in [-0.1, -0.05) is 28.1 Å². The van der Waals surface area contributed by atoms with E-state index < -0.39 is 12.1 Å². The van der Waals surface area contributed by atoms with Gasteiger partial charge in [-0.3, -0.25) is 4.79 Å². The largest absolute Gasteiger partial charge is 0.479 e. The highest BCUT2D eigenvalue weighted by Crippen LogP contribution is 2.19. The first-order chi connectivity index (χ1) is 10.0. The van der Waals surface area contributed by atoms with Crippen molar-refractivity contribution < 1.29 is 19.4 Å². The summed E-state index contributed by atoms with van der Waals surface area (Å²) in [6.45, 7) is 0.327. The normalized spacial score (nSPS) is 21.6. The summed E-state index contributed by atoms with van der Waals surface area (Å²) in [6.07, 6.45) is 3.34. The van der Waals surface area contributed by atoms with E-state index in [2.05, 4.69) is 21.2 Å². The van der Waals surface area contributed by atoms with Crippen LogP contribution in [0.3, 0.4) is 0 Å². The number of ether oxygens (including phenoxy) is 1. The van der Waals surface area contributed by atoms with E-state index in [1.54, 1.807) is 6.08 Å². The molecule has 1 aromatic rings. The summed E-state index contributed by atoms with van der Waals surface area (Å²) in [5, 5.41) is 11.5. The number of nitrogens with one attached hydrogen (secondary N) is 1. The Hall–Kier alpha value is -1.66. The summed E-state index contributed by atoms with van der Waals surface area (Å²) in [7, 11) is 0. The van der Waals surface area contributed by atoms with Crippen LogP contribution in [0.5, 0.6) is 0 Å². The van der Waals surface area contributed by atoms with E-state index in [0.29, 0.717) is 19.4 Å². The smallest absolute Gasteiger partial charge is 0.332 e. The van der Waals surface area contributed by atoms with Gasteiger partial charge in [0.2, 0.25) is 5.91 Å². The number of benzene rings is 1. The lowest BCUT2D eigenvalue weighted by molar-refractivity contribution is -0.149.